The molecule has 0 amide bonds. The van der Waals surface area contributed by atoms with Crippen LogP contribution < -0.4 is 5.73 Å². The average Bonchev–Trinajstić information content (AvgIpc) is 2.32. The molecule has 19 heavy (non-hydrogen) atoms. The Labute approximate surface area is 118 Å². The third kappa shape index (κ3) is 3.39. The monoisotopic (exact) mass is 259 g/mol. The van der Waals surface area contributed by atoms with Crippen LogP contribution in [0.3, 0.4) is 0 Å². The molecule has 2 N–H and O–H groups in total. The Morgan fingerprint density at radius 2 is 1.74 bits per heavy atom. The fourth-order valence-corrected chi connectivity index (χ4v) is 3.00. The van der Waals surface area contributed by atoms with Gasteiger partial charge in [-0.05, 0) is 40.9 Å². The molecular formula is C18H29N. The molecule has 0 heterocycles. The molecule has 1 nitrogen and oxygen atoms in total. The minimum atomic E-state index is 0.226. The van der Waals surface area contributed by atoms with Crippen molar-refractivity contribution in [3.05, 3.63) is 34.9 Å². The highest BCUT2D eigenvalue weighted by atomic mass is 14.6. The lowest BCUT2D eigenvalue weighted by Gasteiger charge is -2.29. The van der Waals surface area contributed by atoms with Crippen LogP contribution in [0.2, 0.25) is 0 Å². The summed E-state index contributed by atoms with van der Waals surface area (Å²) in [5.74, 6) is 2.02. The van der Waals surface area contributed by atoms with Crippen LogP contribution in [0.5, 0.6) is 0 Å². The van der Waals surface area contributed by atoms with Gasteiger partial charge in [0.2, 0.25) is 0 Å². The minimum Gasteiger partial charge on any atom is -0.324 e. The Kier molecular flexibility index (Phi) is 4.67. The maximum absolute atomic E-state index is 6.47. The Balaban J connectivity index is 2.22. The zero-order valence-corrected chi connectivity index (χ0v) is 12.9. The van der Waals surface area contributed by atoms with Crippen molar-refractivity contribution in [3.63, 3.8) is 0 Å². The molecule has 0 aliphatic heterocycles. The van der Waals surface area contributed by atoms with E-state index in [1.54, 1.807) is 0 Å². The molecule has 1 unspecified atom stereocenters. The van der Waals surface area contributed by atoms with Gasteiger partial charge in [0.05, 0.1) is 0 Å². The van der Waals surface area contributed by atoms with Gasteiger partial charge in [-0.3, -0.25) is 0 Å². The number of hydrogen-bond donors (Lipinski definition) is 1. The van der Waals surface area contributed by atoms with Crippen LogP contribution in [0, 0.1) is 5.92 Å². The fourth-order valence-electron chi connectivity index (χ4n) is 3.00. The molecule has 1 heteroatoms. The van der Waals surface area contributed by atoms with E-state index in [2.05, 4.69) is 45.9 Å². The van der Waals surface area contributed by atoms with E-state index >= 15 is 0 Å². The van der Waals surface area contributed by atoms with E-state index in [4.69, 9.17) is 5.73 Å². The van der Waals surface area contributed by atoms with Gasteiger partial charge < -0.3 is 5.73 Å². The lowest BCUT2D eigenvalue weighted by molar-refractivity contribution is 0.277. The summed E-state index contributed by atoms with van der Waals surface area (Å²) >= 11 is 0. The van der Waals surface area contributed by atoms with Crippen molar-refractivity contribution >= 4 is 0 Å². The molecular weight excluding hydrogens is 230 g/mol. The quantitative estimate of drug-likeness (QED) is 0.780. The zero-order valence-electron chi connectivity index (χ0n) is 12.9. The topological polar surface area (TPSA) is 26.0 Å². The highest BCUT2D eigenvalue weighted by Gasteiger charge is 2.23. The lowest BCUT2D eigenvalue weighted by Crippen LogP contribution is -2.21. The minimum absolute atomic E-state index is 0.226. The first-order valence-corrected chi connectivity index (χ1v) is 7.88. The Morgan fingerprint density at radius 1 is 1.05 bits per heavy atom. The van der Waals surface area contributed by atoms with Gasteiger partial charge >= 0.3 is 0 Å². The molecule has 1 atom stereocenters. The van der Waals surface area contributed by atoms with Crippen LogP contribution in [0.4, 0.5) is 0 Å². The van der Waals surface area contributed by atoms with E-state index in [-0.39, 0.29) is 6.04 Å². The molecule has 1 saturated carbocycles. The highest BCUT2D eigenvalue weighted by molar-refractivity contribution is 5.37. The maximum atomic E-state index is 6.47. The first-order valence-electron chi connectivity index (χ1n) is 7.88. The third-order valence-corrected chi connectivity index (χ3v) is 4.61. The van der Waals surface area contributed by atoms with Crippen LogP contribution in [-0.4, -0.2) is 0 Å². The summed E-state index contributed by atoms with van der Waals surface area (Å²) in [5.41, 5.74) is 10.7. The predicted molar refractivity (Wildman–Crippen MR) is 83.5 cm³/mol. The van der Waals surface area contributed by atoms with Crippen molar-refractivity contribution < 1.29 is 0 Å². The molecule has 0 bridgehead atoms. The molecule has 2 rings (SSSR count). The van der Waals surface area contributed by atoms with Crippen molar-refractivity contribution in [2.24, 2.45) is 11.7 Å². The normalized spacial score (nSPS) is 17.8. The number of benzene rings is 1. The first kappa shape index (κ1) is 14.6. The lowest BCUT2D eigenvalue weighted by atomic mass is 9.78. The maximum Gasteiger partial charge on any atom is 0.0300 e. The number of hydrogen-bond acceptors (Lipinski definition) is 1. The average molecular weight is 259 g/mol. The molecule has 106 valence electrons. The van der Waals surface area contributed by atoms with Gasteiger partial charge in [0.25, 0.3) is 0 Å². The summed E-state index contributed by atoms with van der Waals surface area (Å²) in [6, 6.07) is 7.16. The van der Waals surface area contributed by atoms with E-state index < -0.39 is 0 Å². The van der Waals surface area contributed by atoms with Crippen molar-refractivity contribution in [2.75, 3.05) is 0 Å². The third-order valence-electron chi connectivity index (χ3n) is 4.61. The second kappa shape index (κ2) is 6.09. The van der Waals surface area contributed by atoms with Crippen LogP contribution in [0.25, 0.3) is 0 Å². The van der Waals surface area contributed by atoms with E-state index in [0.717, 1.165) is 5.92 Å². The van der Waals surface area contributed by atoms with Gasteiger partial charge in [0.15, 0.2) is 0 Å². The van der Waals surface area contributed by atoms with Crippen molar-refractivity contribution in [3.8, 4) is 0 Å². The van der Waals surface area contributed by atoms with Crippen molar-refractivity contribution in [2.45, 2.75) is 71.3 Å². The first-order chi connectivity index (χ1) is 8.99. The fraction of sp³-hybridized carbons (Fsp3) is 0.667. The largest absolute Gasteiger partial charge is 0.324 e. The summed E-state index contributed by atoms with van der Waals surface area (Å²) < 4.78 is 0. The molecule has 1 aliphatic carbocycles. The van der Waals surface area contributed by atoms with Crippen LogP contribution in [-0.2, 0) is 0 Å². The molecule has 0 spiro atoms. The Bertz CT molecular complexity index is 416. The second-order valence-corrected chi connectivity index (χ2v) is 6.84. The van der Waals surface area contributed by atoms with Gasteiger partial charge in [0, 0.05) is 6.04 Å². The summed E-state index contributed by atoms with van der Waals surface area (Å²) in [6.07, 6.45) is 5.34. The summed E-state index contributed by atoms with van der Waals surface area (Å²) in [6.45, 7) is 9.07. The predicted octanol–water partition coefficient (Wildman–Crippen LogP) is 5.12. The van der Waals surface area contributed by atoms with Gasteiger partial charge in [-0.15, -0.1) is 0 Å². The van der Waals surface area contributed by atoms with E-state index in [9.17, 15) is 0 Å². The second-order valence-electron chi connectivity index (χ2n) is 6.84. The van der Waals surface area contributed by atoms with Gasteiger partial charge in [-0.25, -0.2) is 0 Å². The molecule has 1 aliphatic rings. The van der Waals surface area contributed by atoms with Crippen molar-refractivity contribution in [1.82, 2.24) is 0 Å². The number of rotatable bonds is 5. The highest BCUT2D eigenvalue weighted by Crippen LogP contribution is 2.36. The van der Waals surface area contributed by atoms with Crippen molar-refractivity contribution in [1.29, 1.82) is 0 Å². The zero-order chi connectivity index (χ0) is 14.0. The molecule has 1 fully saturated rings. The SMILES string of the molecule is CC(C)c1ccc(C(N)CC2CCC2)c(C(C)C)c1. The molecule has 1 aromatic carbocycles. The molecule has 0 aromatic heterocycles. The number of nitrogens with two attached hydrogens (primary N) is 1. The van der Waals surface area contributed by atoms with E-state index in [1.807, 2.05) is 0 Å². The van der Waals surface area contributed by atoms with E-state index in [1.165, 1.54) is 42.4 Å². The summed E-state index contributed by atoms with van der Waals surface area (Å²) in [7, 11) is 0. The van der Waals surface area contributed by atoms with Gasteiger partial charge in [-0.1, -0.05) is 65.2 Å². The molecule has 0 saturated heterocycles. The standard InChI is InChI=1S/C18H29N/c1-12(2)15-8-9-16(17(11-15)13(3)4)18(19)10-14-6-5-7-14/h8-9,11-14,18H,5-7,10,19H2,1-4H3. The summed E-state index contributed by atoms with van der Waals surface area (Å²) in [4.78, 5) is 0. The van der Waals surface area contributed by atoms with Gasteiger partial charge in [-0.2, -0.15) is 0 Å². The van der Waals surface area contributed by atoms with Crippen LogP contribution in [0.15, 0.2) is 18.2 Å². The molecule has 0 radical (unpaired) electrons. The summed E-state index contributed by atoms with van der Waals surface area (Å²) in [5, 5.41) is 0. The van der Waals surface area contributed by atoms with Crippen LogP contribution >= 0.6 is 0 Å². The Morgan fingerprint density at radius 3 is 2.21 bits per heavy atom. The van der Waals surface area contributed by atoms with Crippen LogP contribution in [0.1, 0.15) is 87.9 Å². The molecule has 1 aromatic rings. The van der Waals surface area contributed by atoms with E-state index in [0.29, 0.717) is 11.8 Å². The smallest absolute Gasteiger partial charge is 0.0300 e. The Hall–Kier alpha value is -0.820. The van der Waals surface area contributed by atoms with Gasteiger partial charge in [0.1, 0.15) is 0 Å².